The highest BCUT2D eigenvalue weighted by Crippen LogP contribution is 2.26. The Kier molecular flexibility index (Phi) is 4.58. The van der Waals surface area contributed by atoms with Gasteiger partial charge in [-0.25, -0.2) is 9.40 Å². The number of aromatic nitrogens is 3. The molecule has 1 aromatic heterocycles. The van der Waals surface area contributed by atoms with Gasteiger partial charge in [0.15, 0.2) is 0 Å². The van der Waals surface area contributed by atoms with Crippen molar-refractivity contribution in [2.75, 3.05) is 7.11 Å². The molecule has 0 aliphatic rings. The molecule has 0 aliphatic carbocycles. The lowest BCUT2D eigenvalue weighted by Crippen LogP contribution is -2.15. The number of benzene rings is 2. The first kappa shape index (κ1) is 15.9. The minimum Gasteiger partial charge on any atom is -0.760 e. The van der Waals surface area contributed by atoms with Crippen molar-refractivity contribution >= 4 is 33.9 Å². The molecule has 23 heavy (non-hydrogen) atoms. The fourth-order valence-corrected chi connectivity index (χ4v) is 2.75. The van der Waals surface area contributed by atoms with E-state index in [1.54, 1.807) is 36.1 Å². The van der Waals surface area contributed by atoms with Gasteiger partial charge in [0.1, 0.15) is 11.3 Å². The molecule has 1 atom stereocenters. The first-order valence-electron chi connectivity index (χ1n) is 6.59. The molecule has 2 aromatic carbocycles. The zero-order valence-corrected chi connectivity index (χ0v) is 13.6. The molecule has 1 unspecified atom stereocenters. The van der Waals surface area contributed by atoms with Crippen molar-refractivity contribution in [3.63, 3.8) is 0 Å². The van der Waals surface area contributed by atoms with Crippen molar-refractivity contribution in [3.8, 4) is 11.4 Å². The Labute approximate surface area is 139 Å². The molecule has 0 aliphatic heterocycles. The summed E-state index contributed by atoms with van der Waals surface area (Å²) in [6.45, 7) is 0.172. The van der Waals surface area contributed by atoms with Gasteiger partial charge in [-0.05, 0) is 29.8 Å². The molecule has 3 rings (SSSR count). The second kappa shape index (κ2) is 6.63. The summed E-state index contributed by atoms with van der Waals surface area (Å²) < 4.78 is 30.1. The van der Waals surface area contributed by atoms with Crippen molar-refractivity contribution in [3.05, 3.63) is 47.0 Å². The van der Waals surface area contributed by atoms with Gasteiger partial charge >= 0.3 is 0 Å². The Morgan fingerprint density at radius 2 is 2.17 bits per heavy atom. The lowest BCUT2D eigenvalue weighted by atomic mass is 10.2. The van der Waals surface area contributed by atoms with E-state index >= 15 is 0 Å². The molecular weight excluding hydrogens is 340 g/mol. The standard InChI is InChI=1S/C14H13ClN4O3S/c1-22-10-3-5-14-12(7-10)17-18-19(14)13-4-2-9(6-11(13)15)8-16-23(20)21/h2-7,16H,8H2,1H3,(H,20,21)/p-1. The predicted molar refractivity (Wildman–Crippen MR) is 86.2 cm³/mol. The van der Waals surface area contributed by atoms with Crippen LogP contribution in [0, 0.1) is 0 Å². The molecule has 1 heterocycles. The van der Waals surface area contributed by atoms with E-state index in [-0.39, 0.29) is 6.54 Å². The van der Waals surface area contributed by atoms with Gasteiger partial charge in [0, 0.05) is 23.9 Å². The molecule has 7 nitrogen and oxygen atoms in total. The van der Waals surface area contributed by atoms with Crippen LogP contribution < -0.4 is 9.46 Å². The van der Waals surface area contributed by atoms with Gasteiger partial charge < -0.3 is 9.29 Å². The number of fused-ring (bicyclic) bond motifs is 1. The van der Waals surface area contributed by atoms with E-state index in [4.69, 9.17) is 16.3 Å². The third-order valence-electron chi connectivity index (χ3n) is 3.29. The first-order chi connectivity index (χ1) is 11.1. The summed E-state index contributed by atoms with van der Waals surface area (Å²) in [5.41, 5.74) is 2.88. The van der Waals surface area contributed by atoms with Gasteiger partial charge in [-0.1, -0.05) is 22.9 Å². The zero-order chi connectivity index (χ0) is 16.4. The molecule has 120 valence electrons. The number of ether oxygens (including phenoxy) is 1. The maximum atomic E-state index is 10.5. The number of halogens is 1. The van der Waals surface area contributed by atoms with Crippen LogP contribution in [0.25, 0.3) is 16.7 Å². The molecule has 0 bridgehead atoms. The van der Waals surface area contributed by atoms with Gasteiger partial charge in [0.2, 0.25) is 0 Å². The minimum absolute atomic E-state index is 0.172. The monoisotopic (exact) mass is 351 g/mol. The van der Waals surface area contributed by atoms with Crippen LogP contribution in [0.2, 0.25) is 5.02 Å². The smallest absolute Gasteiger partial charge is 0.121 e. The Hall–Kier alpha value is -2.00. The average Bonchev–Trinajstić information content (AvgIpc) is 2.95. The summed E-state index contributed by atoms with van der Waals surface area (Å²) in [6, 6.07) is 10.7. The van der Waals surface area contributed by atoms with E-state index in [2.05, 4.69) is 15.0 Å². The molecule has 1 N–H and O–H groups in total. The summed E-state index contributed by atoms with van der Waals surface area (Å²) in [5.74, 6) is 0.697. The quantitative estimate of drug-likeness (QED) is 0.709. The third kappa shape index (κ3) is 3.35. The summed E-state index contributed by atoms with van der Waals surface area (Å²) in [7, 11) is 1.59. The molecule has 3 aromatic rings. The maximum absolute atomic E-state index is 10.5. The molecule has 0 radical (unpaired) electrons. The maximum Gasteiger partial charge on any atom is 0.121 e. The van der Waals surface area contributed by atoms with E-state index in [0.29, 0.717) is 22.0 Å². The summed E-state index contributed by atoms with van der Waals surface area (Å²) in [6.07, 6.45) is 0. The first-order valence-corrected chi connectivity index (χ1v) is 8.05. The number of methoxy groups -OCH3 is 1. The van der Waals surface area contributed by atoms with Crippen LogP contribution in [0.5, 0.6) is 5.75 Å². The minimum atomic E-state index is -2.31. The van der Waals surface area contributed by atoms with Gasteiger partial charge in [0.05, 0.1) is 23.3 Å². The lowest BCUT2D eigenvalue weighted by Gasteiger charge is -2.10. The van der Waals surface area contributed by atoms with Crippen LogP contribution in [-0.4, -0.2) is 30.9 Å². The predicted octanol–water partition coefficient (Wildman–Crippen LogP) is 1.97. The fraction of sp³-hybridized carbons (Fsp3) is 0.143. The number of hydrogen-bond acceptors (Lipinski definition) is 5. The van der Waals surface area contributed by atoms with Crippen LogP contribution in [0.1, 0.15) is 5.56 Å². The molecule has 0 saturated carbocycles. The highest BCUT2D eigenvalue weighted by Gasteiger charge is 2.11. The van der Waals surface area contributed by atoms with Crippen molar-refractivity contribution in [2.24, 2.45) is 0 Å². The summed E-state index contributed by atoms with van der Waals surface area (Å²) >= 11 is 3.99. The molecule has 9 heteroatoms. The highest BCUT2D eigenvalue weighted by atomic mass is 35.5. The van der Waals surface area contributed by atoms with E-state index in [9.17, 15) is 8.76 Å². The van der Waals surface area contributed by atoms with Gasteiger partial charge in [-0.3, -0.25) is 4.21 Å². The second-order valence-electron chi connectivity index (χ2n) is 4.70. The Morgan fingerprint density at radius 3 is 2.87 bits per heavy atom. The van der Waals surface area contributed by atoms with Crippen molar-refractivity contribution in [1.29, 1.82) is 0 Å². The molecule has 0 amide bonds. The van der Waals surface area contributed by atoms with Crippen LogP contribution in [0.4, 0.5) is 0 Å². The number of hydrogen-bond donors (Lipinski definition) is 1. The van der Waals surface area contributed by atoms with Crippen LogP contribution in [0.15, 0.2) is 36.4 Å². The summed E-state index contributed by atoms with van der Waals surface area (Å²) in [4.78, 5) is 0. The summed E-state index contributed by atoms with van der Waals surface area (Å²) in [5, 5.41) is 8.67. The van der Waals surface area contributed by atoms with Crippen LogP contribution in [0.3, 0.4) is 0 Å². The second-order valence-corrected chi connectivity index (χ2v) is 5.86. The van der Waals surface area contributed by atoms with Gasteiger partial charge in [-0.15, -0.1) is 5.10 Å². The number of nitrogens with zero attached hydrogens (tertiary/aromatic N) is 3. The van der Waals surface area contributed by atoms with E-state index in [0.717, 1.165) is 11.1 Å². The van der Waals surface area contributed by atoms with Gasteiger partial charge in [-0.2, -0.15) is 0 Å². The third-order valence-corrected chi connectivity index (χ3v) is 3.97. The van der Waals surface area contributed by atoms with E-state index in [1.165, 1.54) is 0 Å². The van der Waals surface area contributed by atoms with Crippen molar-refractivity contribution < 1.29 is 13.5 Å². The molecule has 0 fully saturated rings. The molecule has 0 spiro atoms. The van der Waals surface area contributed by atoms with Crippen molar-refractivity contribution in [2.45, 2.75) is 6.54 Å². The molecular formula is C14H12ClN4O3S-. The molecule has 0 saturated heterocycles. The number of rotatable bonds is 5. The number of nitrogens with one attached hydrogen (secondary N) is 1. The Bertz CT molecular complexity index is 884. The average molecular weight is 352 g/mol. The fourth-order valence-electron chi connectivity index (χ4n) is 2.18. The van der Waals surface area contributed by atoms with E-state index in [1.807, 2.05) is 12.1 Å². The highest BCUT2D eigenvalue weighted by molar-refractivity contribution is 7.77. The Balaban J connectivity index is 1.97. The van der Waals surface area contributed by atoms with Crippen molar-refractivity contribution in [1.82, 2.24) is 19.7 Å². The van der Waals surface area contributed by atoms with E-state index < -0.39 is 11.3 Å². The largest absolute Gasteiger partial charge is 0.760 e. The normalized spacial score (nSPS) is 12.5. The van der Waals surface area contributed by atoms with Crippen LogP contribution in [-0.2, 0) is 17.8 Å². The zero-order valence-electron chi connectivity index (χ0n) is 12.0. The lowest BCUT2D eigenvalue weighted by molar-refractivity contribution is 0.415. The van der Waals surface area contributed by atoms with Crippen LogP contribution >= 0.6 is 11.6 Å². The van der Waals surface area contributed by atoms with Gasteiger partial charge in [0.25, 0.3) is 0 Å². The Morgan fingerprint density at radius 1 is 1.35 bits per heavy atom. The SMILES string of the molecule is COc1ccc2c(c1)nnn2-c1ccc(CNS(=O)[O-])cc1Cl. The topological polar surface area (TPSA) is 92.1 Å².